The van der Waals surface area contributed by atoms with Crippen molar-refractivity contribution in [2.75, 3.05) is 49.6 Å². The van der Waals surface area contributed by atoms with Crippen molar-refractivity contribution in [3.8, 4) is 21.8 Å². The Labute approximate surface area is 193 Å². The molecule has 2 aliphatic rings. The minimum absolute atomic E-state index is 0.0535. The molecule has 0 spiro atoms. The maximum absolute atomic E-state index is 14.3. The molecule has 11 heteroatoms. The molecule has 0 aliphatic carbocycles. The molecule has 0 saturated carbocycles. The molecule has 1 atom stereocenters. The number of ether oxygens (including phenoxy) is 1. The van der Waals surface area contributed by atoms with Gasteiger partial charge in [-0.05, 0) is 37.6 Å². The molecule has 33 heavy (non-hydrogen) atoms. The van der Waals surface area contributed by atoms with Crippen LogP contribution in [0.1, 0.15) is 12.8 Å². The van der Waals surface area contributed by atoms with Gasteiger partial charge in [0.25, 0.3) is 5.56 Å². The van der Waals surface area contributed by atoms with Gasteiger partial charge >= 0.3 is 0 Å². The Hall–Kier alpha value is -2.89. The summed E-state index contributed by atoms with van der Waals surface area (Å²) in [4.78, 5) is 27.3. The van der Waals surface area contributed by atoms with Gasteiger partial charge in [-0.25, -0.2) is 13.8 Å². The highest BCUT2D eigenvalue weighted by Crippen LogP contribution is 2.33. The van der Waals surface area contributed by atoms with Crippen molar-refractivity contribution in [1.82, 2.24) is 20.3 Å². The molecule has 174 valence electrons. The summed E-state index contributed by atoms with van der Waals surface area (Å²) in [5, 5.41) is 8.78. The average Bonchev–Trinajstić information content (AvgIpc) is 3.31. The van der Waals surface area contributed by atoms with Crippen LogP contribution in [0.2, 0.25) is 0 Å². The van der Waals surface area contributed by atoms with Gasteiger partial charge in [0.1, 0.15) is 28.0 Å². The van der Waals surface area contributed by atoms with Crippen molar-refractivity contribution in [2.45, 2.75) is 18.9 Å². The minimum atomic E-state index is -0.574. The number of thiazole rings is 1. The third-order valence-corrected chi connectivity index (χ3v) is 6.64. The van der Waals surface area contributed by atoms with Crippen molar-refractivity contribution in [1.29, 1.82) is 0 Å². The van der Waals surface area contributed by atoms with Gasteiger partial charge in [0, 0.05) is 36.6 Å². The van der Waals surface area contributed by atoms with E-state index in [-0.39, 0.29) is 22.9 Å². The number of anilines is 2. The van der Waals surface area contributed by atoms with Crippen molar-refractivity contribution in [3.05, 3.63) is 45.6 Å². The lowest BCUT2D eigenvalue weighted by atomic mass is 10.1. The van der Waals surface area contributed by atoms with E-state index in [0.717, 1.165) is 44.1 Å². The second-order valence-corrected chi connectivity index (χ2v) is 8.92. The average molecular weight is 475 g/mol. The van der Waals surface area contributed by atoms with Gasteiger partial charge in [0.05, 0.1) is 18.9 Å². The van der Waals surface area contributed by atoms with E-state index in [4.69, 9.17) is 9.72 Å². The first-order valence-corrected chi connectivity index (χ1v) is 11.8. The number of benzene rings is 1. The number of morpholine rings is 1. The molecule has 1 aromatic carbocycles. The number of nitrogens with zero attached hydrogens (tertiary/aromatic N) is 3. The van der Waals surface area contributed by atoms with E-state index in [2.05, 4.69) is 20.6 Å². The predicted octanol–water partition coefficient (Wildman–Crippen LogP) is 2.84. The number of rotatable bonds is 5. The summed E-state index contributed by atoms with van der Waals surface area (Å²) >= 11 is 1.19. The highest BCUT2D eigenvalue weighted by atomic mass is 32.1. The number of H-pyrrole nitrogens is 1. The lowest BCUT2D eigenvalue weighted by Gasteiger charge is -2.29. The number of piperidine rings is 1. The fourth-order valence-corrected chi connectivity index (χ4v) is 4.92. The molecule has 2 aliphatic heterocycles. The van der Waals surface area contributed by atoms with Crippen LogP contribution in [0, 0.1) is 11.6 Å². The highest BCUT2D eigenvalue weighted by Gasteiger charge is 2.24. The molecule has 2 saturated heterocycles. The smallest absolute Gasteiger partial charge is 0.264 e. The largest absolute Gasteiger partial charge is 0.378 e. The monoisotopic (exact) mass is 474 g/mol. The molecule has 0 radical (unpaired) electrons. The van der Waals surface area contributed by atoms with Crippen LogP contribution in [0.15, 0.2) is 28.4 Å². The summed E-state index contributed by atoms with van der Waals surface area (Å²) in [6.07, 6.45) is 1.97. The Kier molecular flexibility index (Phi) is 6.34. The first kappa shape index (κ1) is 21.9. The molecule has 3 N–H and O–H groups in total. The Morgan fingerprint density at radius 3 is 2.85 bits per heavy atom. The number of hydrogen-bond acceptors (Lipinski definition) is 8. The van der Waals surface area contributed by atoms with E-state index in [1.54, 1.807) is 5.38 Å². The van der Waals surface area contributed by atoms with Gasteiger partial charge in [0.15, 0.2) is 0 Å². The van der Waals surface area contributed by atoms with E-state index in [1.807, 2.05) is 4.90 Å². The zero-order chi connectivity index (χ0) is 22.8. The van der Waals surface area contributed by atoms with Gasteiger partial charge in [-0.3, -0.25) is 9.78 Å². The minimum Gasteiger partial charge on any atom is -0.378 e. The molecule has 5 rings (SSSR count). The zero-order valence-corrected chi connectivity index (χ0v) is 18.7. The third kappa shape index (κ3) is 4.75. The van der Waals surface area contributed by atoms with Crippen molar-refractivity contribution < 1.29 is 13.5 Å². The predicted molar refractivity (Wildman–Crippen MR) is 124 cm³/mol. The van der Waals surface area contributed by atoms with E-state index < -0.39 is 11.6 Å². The quantitative estimate of drug-likeness (QED) is 0.523. The number of nitrogens with one attached hydrogen (secondary N) is 3. The molecular formula is C22H24F2N6O2S. The highest BCUT2D eigenvalue weighted by molar-refractivity contribution is 7.13. The molecule has 4 heterocycles. The van der Waals surface area contributed by atoms with Crippen molar-refractivity contribution in [3.63, 3.8) is 0 Å². The second-order valence-electron chi connectivity index (χ2n) is 8.06. The van der Waals surface area contributed by atoms with Gasteiger partial charge in [-0.1, -0.05) is 0 Å². The zero-order valence-electron chi connectivity index (χ0n) is 17.9. The topological polar surface area (TPSA) is 95.2 Å². The fourth-order valence-electron chi connectivity index (χ4n) is 4.06. The van der Waals surface area contributed by atoms with E-state index in [9.17, 15) is 13.6 Å². The number of halogens is 2. The third-order valence-electron chi connectivity index (χ3n) is 5.78. The maximum atomic E-state index is 14.3. The van der Waals surface area contributed by atoms with Crippen LogP contribution in [0.3, 0.4) is 0 Å². The molecule has 2 fully saturated rings. The van der Waals surface area contributed by atoms with Gasteiger partial charge in [0.2, 0.25) is 5.95 Å². The molecule has 0 bridgehead atoms. The lowest BCUT2D eigenvalue weighted by molar-refractivity contribution is 0.122. The first-order chi connectivity index (χ1) is 16.1. The Morgan fingerprint density at radius 2 is 2.06 bits per heavy atom. The van der Waals surface area contributed by atoms with Crippen LogP contribution in [0.5, 0.6) is 0 Å². The lowest BCUT2D eigenvalue weighted by Crippen LogP contribution is -2.40. The Balaban J connectivity index is 1.55. The summed E-state index contributed by atoms with van der Waals surface area (Å²) in [5.41, 5.74) is 0.288. The second kappa shape index (κ2) is 9.54. The van der Waals surface area contributed by atoms with Crippen LogP contribution < -0.4 is 21.1 Å². The van der Waals surface area contributed by atoms with Crippen molar-refractivity contribution >= 4 is 23.1 Å². The molecule has 8 nitrogen and oxygen atoms in total. The number of hydrogen-bond donors (Lipinski definition) is 3. The number of aromatic amines is 1. The molecule has 0 amide bonds. The summed E-state index contributed by atoms with van der Waals surface area (Å²) < 4.78 is 33.4. The van der Waals surface area contributed by atoms with Crippen LogP contribution >= 0.6 is 11.3 Å². The van der Waals surface area contributed by atoms with Crippen LogP contribution in [-0.2, 0) is 4.74 Å². The summed E-state index contributed by atoms with van der Waals surface area (Å²) in [6, 6.07) is 3.35. The Morgan fingerprint density at radius 1 is 1.21 bits per heavy atom. The Bertz CT molecular complexity index is 1190. The van der Waals surface area contributed by atoms with Gasteiger partial charge in [-0.2, -0.15) is 4.98 Å². The summed E-state index contributed by atoms with van der Waals surface area (Å²) in [5.74, 6) is -0.210. The maximum Gasteiger partial charge on any atom is 0.264 e. The van der Waals surface area contributed by atoms with Gasteiger partial charge in [-0.15, -0.1) is 11.3 Å². The van der Waals surface area contributed by atoms with Crippen molar-refractivity contribution in [2.24, 2.45) is 0 Å². The van der Waals surface area contributed by atoms with E-state index in [1.165, 1.54) is 11.3 Å². The molecule has 2 aromatic heterocycles. The SMILES string of the molecule is O=c1[nH]c(N2CCOCC2)nc(N[C@@H]2CCCNC2)c1-c1nc(-c2cc(F)ccc2F)cs1. The van der Waals surface area contributed by atoms with E-state index in [0.29, 0.717) is 48.6 Å². The fraction of sp³-hybridized carbons (Fsp3) is 0.409. The summed E-state index contributed by atoms with van der Waals surface area (Å²) in [6.45, 7) is 4.12. The molecular weight excluding hydrogens is 450 g/mol. The number of aromatic nitrogens is 3. The van der Waals surface area contributed by atoms with Crippen LogP contribution in [0.25, 0.3) is 21.8 Å². The first-order valence-electron chi connectivity index (χ1n) is 10.9. The van der Waals surface area contributed by atoms with E-state index >= 15 is 0 Å². The molecule has 3 aromatic rings. The van der Waals surface area contributed by atoms with Crippen LogP contribution in [-0.4, -0.2) is 60.4 Å². The normalized spacial score (nSPS) is 19.0. The summed E-state index contributed by atoms with van der Waals surface area (Å²) in [7, 11) is 0. The van der Waals surface area contributed by atoms with Crippen LogP contribution in [0.4, 0.5) is 20.5 Å². The van der Waals surface area contributed by atoms with Gasteiger partial charge < -0.3 is 20.3 Å². The standard InChI is InChI=1S/C22H24F2N6O2S/c23-13-3-4-16(24)15(10-13)17-12-33-21(27-17)18-19(26-14-2-1-5-25-11-14)28-22(29-20(18)31)30-6-8-32-9-7-30/h3-4,10,12,14,25H,1-2,5-9,11H2,(H2,26,28,29,31)/t14-/m1/s1. The molecule has 0 unspecified atom stereocenters.